The molecule has 152 valence electrons. The topological polar surface area (TPSA) is 41.4 Å². The highest BCUT2D eigenvalue weighted by atomic mass is 19.4. The first-order valence-corrected chi connectivity index (χ1v) is 9.42. The number of alkyl halides is 3. The van der Waals surface area contributed by atoms with Crippen LogP contribution in [0.15, 0.2) is 24.3 Å². The summed E-state index contributed by atoms with van der Waals surface area (Å²) in [5.74, 6) is -0.0200. The van der Waals surface area contributed by atoms with Crippen LogP contribution >= 0.6 is 0 Å². The van der Waals surface area contributed by atoms with Crippen LogP contribution in [0.4, 0.5) is 13.2 Å². The third-order valence-corrected chi connectivity index (χ3v) is 5.21. The molecule has 1 aliphatic rings. The molecule has 1 aromatic carbocycles. The molecule has 1 saturated heterocycles. The number of aryl methyl sites for hydroxylation is 2. The van der Waals surface area contributed by atoms with Crippen molar-refractivity contribution in [2.24, 2.45) is 0 Å². The lowest BCUT2D eigenvalue weighted by atomic mass is 10.1. The van der Waals surface area contributed by atoms with Gasteiger partial charge in [0, 0.05) is 45.0 Å². The standard InChI is InChI=1S/C20H25F3N4O/c1-4-27-15(3)18(14(2)24-27)19(28)26-10-8-25(9-11-26)13-16-6-5-7-17(12-16)20(21,22)23/h5-7,12H,4,8-11,13H2,1-3H3. The maximum Gasteiger partial charge on any atom is 0.416 e. The largest absolute Gasteiger partial charge is 0.416 e. The van der Waals surface area contributed by atoms with E-state index in [1.54, 1.807) is 11.0 Å². The molecule has 3 rings (SSSR count). The molecular formula is C20H25F3N4O. The summed E-state index contributed by atoms with van der Waals surface area (Å²) in [6.45, 7) is 9.24. The van der Waals surface area contributed by atoms with Crippen molar-refractivity contribution in [1.29, 1.82) is 0 Å². The number of amides is 1. The summed E-state index contributed by atoms with van der Waals surface area (Å²) in [4.78, 5) is 16.8. The highest BCUT2D eigenvalue weighted by Gasteiger charge is 2.31. The van der Waals surface area contributed by atoms with E-state index >= 15 is 0 Å². The zero-order chi connectivity index (χ0) is 20.5. The fourth-order valence-electron chi connectivity index (χ4n) is 3.69. The zero-order valence-corrected chi connectivity index (χ0v) is 16.4. The van der Waals surface area contributed by atoms with Crippen molar-refractivity contribution >= 4 is 5.91 Å². The van der Waals surface area contributed by atoms with Gasteiger partial charge >= 0.3 is 6.18 Å². The molecule has 0 saturated carbocycles. The minimum atomic E-state index is -4.33. The van der Waals surface area contributed by atoms with Gasteiger partial charge in [-0.05, 0) is 32.4 Å². The van der Waals surface area contributed by atoms with E-state index in [4.69, 9.17) is 0 Å². The number of rotatable bonds is 4. The van der Waals surface area contributed by atoms with Crippen molar-refractivity contribution in [3.8, 4) is 0 Å². The maximum absolute atomic E-state index is 12.9. The molecule has 1 aliphatic heterocycles. The fourth-order valence-corrected chi connectivity index (χ4v) is 3.69. The van der Waals surface area contributed by atoms with Crippen LogP contribution in [0.2, 0.25) is 0 Å². The molecule has 0 bridgehead atoms. The van der Waals surface area contributed by atoms with Crippen molar-refractivity contribution in [2.75, 3.05) is 26.2 Å². The average molecular weight is 394 g/mol. The Balaban J connectivity index is 1.62. The lowest BCUT2D eigenvalue weighted by Crippen LogP contribution is -2.48. The first-order chi connectivity index (χ1) is 13.2. The number of benzene rings is 1. The predicted octanol–water partition coefficient (Wildman–Crippen LogP) is 3.50. The number of aromatic nitrogens is 2. The smallest absolute Gasteiger partial charge is 0.336 e. The van der Waals surface area contributed by atoms with Gasteiger partial charge in [-0.1, -0.05) is 18.2 Å². The van der Waals surface area contributed by atoms with Gasteiger partial charge in [-0.2, -0.15) is 18.3 Å². The molecule has 2 heterocycles. The number of hydrogen-bond donors (Lipinski definition) is 0. The second-order valence-corrected chi connectivity index (χ2v) is 7.13. The van der Waals surface area contributed by atoms with Gasteiger partial charge in [0.05, 0.1) is 16.8 Å². The van der Waals surface area contributed by atoms with Gasteiger partial charge in [0.15, 0.2) is 0 Å². The highest BCUT2D eigenvalue weighted by molar-refractivity contribution is 5.96. The molecule has 2 aromatic rings. The minimum Gasteiger partial charge on any atom is -0.336 e. The van der Waals surface area contributed by atoms with Gasteiger partial charge in [0.2, 0.25) is 0 Å². The Hall–Kier alpha value is -2.35. The number of halogens is 3. The van der Waals surface area contributed by atoms with Crippen LogP contribution < -0.4 is 0 Å². The van der Waals surface area contributed by atoms with Gasteiger partial charge in [-0.15, -0.1) is 0 Å². The molecule has 0 N–H and O–H groups in total. The van der Waals surface area contributed by atoms with E-state index in [1.807, 2.05) is 25.5 Å². The molecule has 0 aliphatic carbocycles. The summed E-state index contributed by atoms with van der Waals surface area (Å²) in [6, 6.07) is 5.43. The Morgan fingerprint density at radius 1 is 1.14 bits per heavy atom. The zero-order valence-electron chi connectivity index (χ0n) is 16.4. The molecule has 5 nitrogen and oxygen atoms in total. The summed E-state index contributed by atoms with van der Waals surface area (Å²) in [6.07, 6.45) is -4.33. The van der Waals surface area contributed by atoms with Crippen LogP contribution in [0.3, 0.4) is 0 Å². The molecule has 0 spiro atoms. The van der Waals surface area contributed by atoms with Crippen LogP contribution in [0, 0.1) is 13.8 Å². The van der Waals surface area contributed by atoms with E-state index in [1.165, 1.54) is 12.1 Å². The van der Waals surface area contributed by atoms with Gasteiger partial charge < -0.3 is 4.90 Å². The second-order valence-electron chi connectivity index (χ2n) is 7.13. The quantitative estimate of drug-likeness (QED) is 0.797. The van der Waals surface area contributed by atoms with E-state index in [-0.39, 0.29) is 5.91 Å². The Morgan fingerprint density at radius 3 is 2.39 bits per heavy atom. The first kappa shape index (κ1) is 20.4. The molecule has 0 atom stereocenters. The van der Waals surface area contributed by atoms with Crippen LogP contribution in [0.5, 0.6) is 0 Å². The molecule has 0 radical (unpaired) electrons. The number of piperazine rings is 1. The van der Waals surface area contributed by atoms with Crippen LogP contribution in [0.25, 0.3) is 0 Å². The summed E-state index contributed by atoms with van der Waals surface area (Å²) < 4.78 is 40.5. The SMILES string of the molecule is CCn1nc(C)c(C(=O)N2CCN(Cc3cccc(C(F)(F)F)c3)CC2)c1C. The van der Waals surface area contributed by atoms with Gasteiger partial charge in [0.1, 0.15) is 0 Å². The van der Waals surface area contributed by atoms with Crippen molar-refractivity contribution in [3.05, 3.63) is 52.3 Å². The minimum absolute atomic E-state index is 0.0200. The van der Waals surface area contributed by atoms with E-state index in [0.29, 0.717) is 50.4 Å². The number of carbonyl (C=O) groups excluding carboxylic acids is 1. The second kappa shape index (κ2) is 7.95. The monoisotopic (exact) mass is 394 g/mol. The summed E-state index contributed by atoms with van der Waals surface area (Å²) >= 11 is 0. The van der Waals surface area contributed by atoms with Crippen molar-refractivity contribution in [3.63, 3.8) is 0 Å². The Morgan fingerprint density at radius 2 is 1.82 bits per heavy atom. The fraction of sp³-hybridized carbons (Fsp3) is 0.500. The third kappa shape index (κ3) is 4.22. The third-order valence-electron chi connectivity index (χ3n) is 5.21. The van der Waals surface area contributed by atoms with Crippen molar-refractivity contribution in [1.82, 2.24) is 19.6 Å². The maximum atomic E-state index is 12.9. The van der Waals surface area contributed by atoms with Gasteiger partial charge in [-0.3, -0.25) is 14.4 Å². The molecule has 1 aromatic heterocycles. The number of hydrogen-bond acceptors (Lipinski definition) is 3. The lowest BCUT2D eigenvalue weighted by molar-refractivity contribution is -0.137. The molecule has 0 unspecified atom stereocenters. The average Bonchev–Trinajstić information content (AvgIpc) is 2.95. The summed E-state index contributed by atoms with van der Waals surface area (Å²) in [7, 11) is 0. The number of nitrogens with zero attached hydrogens (tertiary/aromatic N) is 4. The lowest BCUT2D eigenvalue weighted by Gasteiger charge is -2.35. The highest BCUT2D eigenvalue weighted by Crippen LogP contribution is 2.29. The Labute approximate surface area is 162 Å². The first-order valence-electron chi connectivity index (χ1n) is 9.42. The van der Waals surface area contributed by atoms with Crippen molar-refractivity contribution < 1.29 is 18.0 Å². The molecule has 28 heavy (non-hydrogen) atoms. The van der Waals surface area contributed by atoms with Crippen LogP contribution in [-0.4, -0.2) is 51.7 Å². The van der Waals surface area contributed by atoms with E-state index < -0.39 is 11.7 Å². The molecule has 8 heteroatoms. The summed E-state index contributed by atoms with van der Waals surface area (Å²) in [5, 5.41) is 4.41. The normalized spacial score (nSPS) is 15.9. The van der Waals surface area contributed by atoms with Gasteiger partial charge in [-0.25, -0.2) is 0 Å². The number of carbonyl (C=O) groups is 1. The molecule has 1 fully saturated rings. The van der Waals surface area contributed by atoms with E-state index in [9.17, 15) is 18.0 Å². The van der Waals surface area contributed by atoms with E-state index in [2.05, 4.69) is 10.00 Å². The predicted molar refractivity (Wildman–Crippen MR) is 100.0 cm³/mol. The van der Waals surface area contributed by atoms with Gasteiger partial charge in [0.25, 0.3) is 5.91 Å². The molecular weight excluding hydrogens is 369 g/mol. The van der Waals surface area contributed by atoms with Crippen molar-refractivity contribution in [2.45, 2.75) is 40.0 Å². The van der Waals surface area contributed by atoms with Crippen LogP contribution in [-0.2, 0) is 19.3 Å². The van der Waals surface area contributed by atoms with E-state index in [0.717, 1.165) is 17.5 Å². The molecule has 1 amide bonds. The Bertz CT molecular complexity index is 852. The Kier molecular flexibility index (Phi) is 5.79. The van der Waals surface area contributed by atoms with Crippen LogP contribution in [0.1, 0.15) is 39.8 Å². The summed E-state index contributed by atoms with van der Waals surface area (Å²) in [5.41, 5.74) is 2.27.